The number of ether oxygens (including phenoxy) is 1. The summed E-state index contributed by atoms with van der Waals surface area (Å²) in [5, 5.41) is 13.7. The second-order valence-electron chi connectivity index (χ2n) is 7.73. The van der Waals surface area contributed by atoms with E-state index >= 15 is 0 Å². The number of halogens is 5. The number of aliphatic hydroxyl groups is 1. The molecule has 0 spiro atoms. The number of hydrogen-bond acceptors (Lipinski definition) is 5. The molecule has 1 saturated heterocycles. The average Bonchev–Trinajstić information content (AvgIpc) is 3.28. The van der Waals surface area contributed by atoms with Crippen LogP contribution in [0.3, 0.4) is 0 Å². The zero-order valence-corrected chi connectivity index (χ0v) is 17.8. The molecule has 3 N–H and O–H groups in total. The summed E-state index contributed by atoms with van der Waals surface area (Å²) in [4.78, 5) is 20.4. The summed E-state index contributed by atoms with van der Waals surface area (Å²) in [5.74, 6) is -1.16. The number of aromatic amines is 1. The van der Waals surface area contributed by atoms with Crippen LogP contribution in [0.2, 0.25) is 5.02 Å². The number of aromatic nitrogens is 2. The van der Waals surface area contributed by atoms with Crippen LogP contribution in [0.1, 0.15) is 17.5 Å². The van der Waals surface area contributed by atoms with Crippen molar-refractivity contribution >= 4 is 34.2 Å². The van der Waals surface area contributed by atoms with Gasteiger partial charge in [-0.25, -0.2) is 9.37 Å². The molecule has 3 aromatic rings. The Morgan fingerprint density at radius 1 is 1.30 bits per heavy atom. The first-order valence-electron chi connectivity index (χ1n) is 9.89. The Morgan fingerprint density at radius 2 is 2.09 bits per heavy atom. The average molecular weight is 487 g/mol. The number of anilines is 1. The molecule has 1 atom stereocenters. The minimum absolute atomic E-state index is 0.0304. The van der Waals surface area contributed by atoms with Gasteiger partial charge in [0, 0.05) is 36.1 Å². The van der Waals surface area contributed by atoms with Crippen molar-refractivity contribution < 1.29 is 32.2 Å². The summed E-state index contributed by atoms with van der Waals surface area (Å²) in [6.45, 7) is -0.0187. The van der Waals surface area contributed by atoms with Crippen LogP contribution in [-0.4, -0.2) is 46.5 Å². The molecule has 0 aliphatic carbocycles. The lowest BCUT2D eigenvalue weighted by molar-refractivity contribution is -0.139. The first-order valence-corrected chi connectivity index (χ1v) is 10.3. The van der Waals surface area contributed by atoms with Crippen molar-refractivity contribution in [1.82, 2.24) is 15.3 Å². The Labute approximate surface area is 190 Å². The van der Waals surface area contributed by atoms with Gasteiger partial charge in [0.25, 0.3) is 5.91 Å². The molecule has 0 radical (unpaired) electrons. The molecule has 3 heterocycles. The third-order valence-corrected chi connectivity index (χ3v) is 5.54. The van der Waals surface area contributed by atoms with Crippen molar-refractivity contribution in [3.05, 3.63) is 58.6 Å². The largest absolute Gasteiger partial charge is 0.418 e. The van der Waals surface area contributed by atoms with Gasteiger partial charge >= 0.3 is 6.18 Å². The molecule has 4 rings (SSSR count). The fourth-order valence-corrected chi connectivity index (χ4v) is 3.96. The number of H-pyrrole nitrogens is 1. The molecule has 1 aliphatic rings. The van der Waals surface area contributed by atoms with Crippen LogP contribution in [-0.2, 0) is 22.3 Å². The molecule has 1 aliphatic heterocycles. The van der Waals surface area contributed by atoms with Crippen molar-refractivity contribution in [3.63, 3.8) is 0 Å². The van der Waals surface area contributed by atoms with Crippen molar-refractivity contribution in [2.45, 2.75) is 24.7 Å². The van der Waals surface area contributed by atoms with Crippen LogP contribution in [0.25, 0.3) is 11.0 Å². The van der Waals surface area contributed by atoms with E-state index in [0.717, 1.165) is 6.20 Å². The number of benzene rings is 1. The maximum atomic E-state index is 13.3. The lowest BCUT2D eigenvalue weighted by atomic mass is 10.0. The van der Waals surface area contributed by atoms with E-state index in [9.17, 15) is 27.5 Å². The summed E-state index contributed by atoms with van der Waals surface area (Å²) in [6.07, 6.45) is -2.45. The summed E-state index contributed by atoms with van der Waals surface area (Å²) in [7, 11) is 0. The molecule has 0 saturated carbocycles. The van der Waals surface area contributed by atoms with E-state index in [2.05, 4.69) is 15.3 Å². The number of rotatable bonds is 7. The number of carbonyl (C=O) groups excluding carboxylic acids is 1. The quantitative estimate of drug-likeness (QED) is 0.270. The van der Waals surface area contributed by atoms with Crippen molar-refractivity contribution in [2.24, 2.45) is 0 Å². The SMILES string of the molecule is O=C1N(c2cnc3[nH]cc(C(F)(F)F)c3c2)CCC1(O)COCNCc1cc(F)cc(Cl)c1. The van der Waals surface area contributed by atoms with Crippen molar-refractivity contribution in [1.29, 1.82) is 0 Å². The van der Waals surface area contributed by atoms with Crippen LogP contribution in [0.5, 0.6) is 0 Å². The lowest BCUT2D eigenvalue weighted by Crippen LogP contribution is -2.44. The number of hydrogen-bond donors (Lipinski definition) is 3. The zero-order valence-electron chi connectivity index (χ0n) is 17.0. The van der Waals surface area contributed by atoms with Crippen LogP contribution in [0.15, 0.2) is 36.7 Å². The Kier molecular flexibility index (Phi) is 6.32. The molecule has 1 aromatic carbocycles. The van der Waals surface area contributed by atoms with Gasteiger partial charge in [-0.3, -0.25) is 10.1 Å². The fourth-order valence-electron chi connectivity index (χ4n) is 3.71. The van der Waals surface area contributed by atoms with Gasteiger partial charge in [0.05, 0.1) is 30.8 Å². The van der Waals surface area contributed by atoms with E-state index in [-0.39, 0.29) is 54.6 Å². The topological polar surface area (TPSA) is 90.5 Å². The maximum Gasteiger partial charge on any atom is 0.418 e. The van der Waals surface area contributed by atoms with Gasteiger partial charge < -0.3 is 19.7 Å². The van der Waals surface area contributed by atoms with E-state index in [0.29, 0.717) is 5.56 Å². The van der Waals surface area contributed by atoms with E-state index in [1.165, 1.54) is 29.3 Å². The molecule has 1 amide bonds. The lowest BCUT2D eigenvalue weighted by Gasteiger charge is -2.22. The van der Waals surface area contributed by atoms with Gasteiger partial charge in [-0.2, -0.15) is 13.2 Å². The molecular formula is C21H19ClF4N4O3. The van der Waals surface area contributed by atoms with Gasteiger partial charge in [-0.15, -0.1) is 0 Å². The normalized spacial score (nSPS) is 19.1. The number of alkyl halides is 3. The third-order valence-electron chi connectivity index (χ3n) is 5.32. The summed E-state index contributed by atoms with van der Waals surface area (Å²) in [5.41, 5.74) is -1.93. The fraction of sp³-hybridized carbons (Fsp3) is 0.333. The predicted molar refractivity (Wildman–Crippen MR) is 112 cm³/mol. The monoisotopic (exact) mass is 486 g/mol. The third kappa shape index (κ3) is 4.96. The van der Waals surface area contributed by atoms with Gasteiger partial charge in [0.2, 0.25) is 0 Å². The Balaban J connectivity index is 1.36. The number of nitrogens with zero attached hydrogens (tertiary/aromatic N) is 2. The van der Waals surface area contributed by atoms with E-state index in [4.69, 9.17) is 16.3 Å². The van der Waals surface area contributed by atoms with Crippen molar-refractivity contribution in [2.75, 3.05) is 24.8 Å². The Morgan fingerprint density at radius 3 is 2.82 bits per heavy atom. The highest BCUT2D eigenvalue weighted by Crippen LogP contribution is 2.36. The van der Waals surface area contributed by atoms with Crippen LogP contribution in [0.4, 0.5) is 23.2 Å². The van der Waals surface area contributed by atoms with E-state index in [1.54, 1.807) is 6.07 Å². The van der Waals surface area contributed by atoms with E-state index in [1.807, 2.05) is 0 Å². The standard InChI is InChI=1S/C21H19ClF4N4O3/c22-13-3-12(4-14(23)5-13)7-27-11-33-10-20(32)1-2-30(19(20)31)15-6-16-17(21(24,25)26)9-29-18(16)28-8-15/h3-6,8-9,27,32H,1-2,7,10-11H2,(H,28,29). The highest BCUT2D eigenvalue weighted by atomic mass is 35.5. The molecule has 2 aromatic heterocycles. The summed E-state index contributed by atoms with van der Waals surface area (Å²) < 4.78 is 58.3. The highest BCUT2D eigenvalue weighted by Gasteiger charge is 2.46. The molecule has 176 valence electrons. The van der Waals surface area contributed by atoms with Gasteiger partial charge in [-0.05, 0) is 29.8 Å². The molecule has 1 unspecified atom stereocenters. The number of nitrogens with one attached hydrogen (secondary N) is 2. The van der Waals surface area contributed by atoms with Crippen LogP contribution < -0.4 is 10.2 Å². The molecule has 7 nitrogen and oxygen atoms in total. The number of pyridine rings is 1. The first kappa shape index (κ1) is 23.4. The maximum absolute atomic E-state index is 13.3. The Bertz CT molecular complexity index is 1170. The van der Waals surface area contributed by atoms with Gasteiger partial charge in [-0.1, -0.05) is 11.6 Å². The van der Waals surface area contributed by atoms with Crippen LogP contribution in [0, 0.1) is 5.82 Å². The minimum atomic E-state index is -4.58. The first-order chi connectivity index (χ1) is 15.6. The molecule has 12 heteroatoms. The molecule has 1 fully saturated rings. The van der Waals surface area contributed by atoms with E-state index < -0.39 is 29.1 Å². The van der Waals surface area contributed by atoms with Gasteiger partial charge in [0.1, 0.15) is 11.5 Å². The Hall–Kier alpha value is -2.73. The summed E-state index contributed by atoms with van der Waals surface area (Å²) in [6, 6.07) is 5.30. The van der Waals surface area contributed by atoms with Crippen molar-refractivity contribution in [3.8, 4) is 0 Å². The second kappa shape index (κ2) is 8.90. The number of fused-ring (bicyclic) bond motifs is 1. The van der Waals surface area contributed by atoms with Gasteiger partial charge in [0.15, 0.2) is 5.60 Å². The number of amides is 1. The highest BCUT2D eigenvalue weighted by molar-refractivity contribution is 6.30. The molecular weight excluding hydrogens is 468 g/mol. The predicted octanol–water partition coefficient (Wildman–Crippen LogP) is 3.61. The minimum Gasteiger partial charge on any atom is -0.378 e. The zero-order chi connectivity index (χ0) is 23.8. The molecule has 0 bridgehead atoms. The molecule has 33 heavy (non-hydrogen) atoms. The summed E-state index contributed by atoms with van der Waals surface area (Å²) >= 11 is 5.80. The second-order valence-corrected chi connectivity index (χ2v) is 8.16. The smallest absolute Gasteiger partial charge is 0.378 e. The van der Waals surface area contributed by atoms with Crippen LogP contribution >= 0.6 is 11.6 Å². The number of carbonyl (C=O) groups is 1.